The van der Waals surface area contributed by atoms with Crippen LogP contribution in [0.4, 0.5) is 5.69 Å². The van der Waals surface area contributed by atoms with E-state index in [4.69, 9.17) is 14.6 Å². The zero-order chi connectivity index (χ0) is 17.3. The summed E-state index contributed by atoms with van der Waals surface area (Å²) in [5.74, 6) is -0.117. The summed E-state index contributed by atoms with van der Waals surface area (Å²) in [6.45, 7) is 4.33. The lowest BCUT2D eigenvalue weighted by atomic mass is 10.1. The number of nitrogens with one attached hydrogen (secondary N) is 1. The average Bonchev–Trinajstić information content (AvgIpc) is 3.13. The van der Waals surface area contributed by atoms with Crippen LogP contribution >= 0.6 is 11.3 Å². The molecule has 1 unspecified atom stereocenters. The van der Waals surface area contributed by atoms with E-state index in [9.17, 15) is 9.59 Å². The third-order valence-corrected chi connectivity index (χ3v) is 4.54. The van der Waals surface area contributed by atoms with Gasteiger partial charge in [-0.25, -0.2) is 4.79 Å². The van der Waals surface area contributed by atoms with E-state index in [0.29, 0.717) is 23.6 Å². The Morgan fingerprint density at radius 3 is 2.88 bits per heavy atom. The molecule has 3 rings (SSSR count). The number of carbonyl (C=O) groups excluding carboxylic acids is 1. The van der Waals surface area contributed by atoms with Gasteiger partial charge in [0.2, 0.25) is 0 Å². The molecule has 1 atom stereocenters. The van der Waals surface area contributed by atoms with E-state index >= 15 is 0 Å². The fourth-order valence-corrected chi connectivity index (χ4v) is 3.30. The summed E-state index contributed by atoms with van der Waals surface area (Å²) < 4.78 is 11.3. The lowest BCUT2D eigenvalue weighted by Crippen LogP contribution is -2.12. The van der Waals surface area contributed by atoms with E-state index in [1.165, 1.54) is 11.4 Å². The molecule has 24 heavy (non-hydrogen) atoms. The minimum atomic E-state index is -1.05. The molecular formula is C17H17NO5S. The van der Waals surface area contributed by atoms with Crippen LogP contribution in [0.15, 0.2) is 23.6 Å². The Morgan fingerprint density at radius 1 is 1.42 bits per heavy atom. The predicted octanol–water partition coefficient (Wildman–Crippen LogP) is 3.42. The van der Waals surface area contributed by atoms with Crippen molar-refractivity contribution in [1.29, 1.82) is 0 Å². The Kier molecular flexibility index (Phi) is 4.44. The van der Waals surface area contributed by atoms with Crippen LogP contribution in [-0.2, 0) is 6.42 Å². The quantitative estimate of drug-likeness (QED) is 0.866. The number of carbonyl (C=O) groups is 2. The van der Waals surface area contributed by atoms with E-state index in [-0.39, 0.29) is 16.9 Å². The number of benzene rings is 1. The fraction of sp³-hybridized carbons (Fsp3) is 0.294. The second-order valence-electron chi connectivity index (χ2n) is 5.48. The van der Waals surface area contributed by atoms with Crippen LogP contribution in [-0.4, -0.2) is 29.7 Å². The molecule has 1 aliphatic rings. The van der Waals surface area contributed by atoms with Crippen molar-refractivity contribution in [3.8, 4) is 11.5 Å². The highest BCUT2D eigenvalue weighted by molar-refractivity contribution is 7.12. The van der Waals surface area contributed by atoms with Crippen LogP contribution in [0.5, 0.6) is 11.5 Å². The lowest BCUT2D eigenvalue weighted by molar-refractivity contribution is 0.0702. The molecule has 126 valence electrons. The fourth-order valence-electron chi connectivity index (χ4n) is 2.57. The minimum Gasteiger partial charge on any atom is -0.492 e. The van der Waals surface area contributed by atoms with Gasteiger partial charge in [0.15, 0.2) is 0 Å². The van der Waals surface area contributed by atoms with E-state index in [0.717, 1.165) is 29.1 Å². The Morgan fingerprint density at radius 2 is 2.21 bits per heavy atom. The molecule has 0 saturated carbocycles. The van der Waals surface area contributed by atoms with Gasteiger partial charge in [-0.2, -0.15) is 0 Å². The highest BCUT2D eigenvalue weighted by Gasteiger charge is 2.23. The summed E-state index contributed by atoms with van der Waals surface area (Å²) in [5.41, 5.74) is 1.86. The number of hydrogen-bond donors (Lipinski definition) is 2. The number of hydrogen-bond acceptors (Lipinski definition) is 5. The first-order valence-corrected chi connectivity index (χ1v) is 8.45. The topological polar surface area (TPSA) is 84.9 Å². The van der Waals surface area contributed by atoms with E-state index in [1.807, 2.05) is 19.9 Å². The smallest absolute Gasteiger partial charge is 0.345 e. The molecule has 2 heterocycles. The molecule has 1 aliphatic heterocycles. The maximum absolute atomic E-state index is 12.4. The number of rotatable bonds is 5. The minimum absolute atomic E-state index is 0.0930. The predicted molar refractivity (Wildman–Crippen MR) is 90.6 cm³/mol. The van der Waals surface area contributed by atoms with Gasteiger partial charge in [-0.3, -0.25) is 4.79 Å². The van der Waals surface area contributed by atoms with Crippen LogP contribution in [0.25, 0.3) is 0 Å². The van der Waals surface area contributed by atoms with Gasteiger partial charge in [0.25, 0.3) is 5.91 Å². The summed E-state index contributed by atoms with van der Waals surface area (Å²) in [6.07, 6.45) is 0.895. The second-order valence-corrected chi connectivity index (χ2v) is 6.39. The lowest BCUT2D eigenvalue weighted by Gasteiger charge is -2.13. The highest BCUT2D eigenvalue weighted by Crippen LogP contribution is 2.38. The molecule has 0 saturated heterocycles. The zero-order valence-corrected chi connectivity index (χ0v) is 14.1. The second kappa shape index (κ2) is 6.52. The first-order valence-electron chi connectivity index (χ1n) is 7.57. The van der Waals surface area contributed by atoms with Gasteiger partial charge in [-0.05, 0) is 26.0 Å². The Balaban J connectivity index is 1.86. The third kappa shape index (κ3) is 3.21. The maximum Gasteiger partial charge on any atom is 0.345 e. The largest absolute Gasteiger partial charge is 0.492 e. The Bertz CT molecular complexity index is 798. The van der Waals surface area contributed by atoms with Crippen LogP contribution in [0.3, 0.4) is 0 Å². The molecule has 1 aromatic heterocycles. The molecule has 2 N–H and O–H groups in total. The first kappa shape index (κ1) is 16.3. The SMILES string of the molecule is CCOc1cc2c(cc1NC(=O)c1csc(C(=O)O)c1)OC(C)C2. The zero-order valence-electron chi connectivity index (χ0n) is 13.3. The van der Waals surface area contributed by atoms with Crippen LogP contribution in [0.1, 0.15) is 39.4 Å². The molecule has 7 heteroatoms. The van der Waals surface area contributed by atoms with Crippen molar-refractivity contribution < 1.29 is 24.2 Å². The number of thiophene rings is 1. The molecule has 6 nitrogen and oxygen atoms in total. The molecule has 0 spiro atoms. The van der Waals surface area contributed by atoms with Crippen molar-refractivity contribution in [3.63, 3.8) is 0 Å². The normalized spacial score (nSPS) is 15.5. The summed E-state index contributed by atoms with van der Waals surface area (Å²) in [7, 11) is 0. The molecule has 1 aromatic carbocycles. The number of anilines is 1. The van der Waals surface area contributed by atoms with Gasteiger partial charge in [0, 0.05) is 23.4 Å². The van der Waals surface area contributed by atoms with E-state index in [2.05, 4.69) is 5.32 Å². The van der Waals surface area contributed by atoms with Gasteiger partial charge in [0.05, 0.1) is 17.9 Å². The molecule has 0 bridgehead atoms. The monoisotopic (exact) mass is 347 g/mol. The third-order valence-electron chi connectivity index (χ3n) is 3.62. The van der Waals surface area contributed by atoms with Gasteiger partial charge in [-0.1, -0.05) is 0 Å². The number of carboxylic acid groups (broad SMARTS) is 1. The summed E-state index contributed by atoms with van der Waals surface area (Å²) >= 11 is 1.02. The van der Waals surface area contributed by atoms with Crippen molar-refractivity contribution in [2.24, 2.45) is 0 Å². The van der Waals surface area contributed by atoms with Gasteiger partial charge in [-0.15, -0.1) is 11.3 Å². The summed E-state index contributed by atoms with van der Waals surface area (Å²) in [5, 5.41) is 13.3. The standard InChI is InChI=1S/C17H17NO5S/c1-3-22-14-5-10-4-9(2)23-13(10)7-12(14)18-16(19)11-6-15(17(20)21)24-8-11/h5-9H,3-4H2,1-2H3,(H,18,19)(H,20,21). The summed E-state index contributed by atoms with van der Waals surface area (Å²) in [6, 6.07) is 5.00. The molecule has 0 radical (unpaired) electrons. The van der Waals surface area contributed by atoms with E-state index < -0.39 is 5.97 Å². The number of ether oxygens (including phenoxy) is 2. The van der Waals surface area contributed by atoms with Crippen molar-refractivity contribution in [2.45, 2.75) is 26.4 Å². The molecule has 1 amide bonds. The van der Waals surface area contributed by atoms with Gasteiger partial charge >= 0.3 is 5.97 Å². The number of fused-ring (bicyclic) bond motifs is 1. The van der Waals surface area contributed by atoms with Crippen molar-refractivity contribution >= 4 is 28.9 Å². The molecular weight excluding hydrogens is 330 g/mol. The van der Waals surface area contributed by atoms with Crippen LogP contribution in [0.2, 0.25) is 0 Å². The maximum atomic E-state index is 12.4. The van der Waals surface area contributed by atoms with Gasteiger partial charge in [0.1, 0.15) is 22.5 Å². The number of carboxylic acids is 1. The van der Waals surface area contributed by atoms with Crippen molar-refractivity contribution in [3.05, 3.63) is 39.6 Å². The molecule has 0 fully saturated rings. The van der Waals surface area contributed by atoms with Gasteiger partial charge < -0.3 is 19.9 Å². The number of aromatic carboxylic acids is 1. The van der Waals surface area contributed by atoms with E-state index in [1.54, 1.807) is 6.07 Å². The van der Waals surface area contributed by atoms with Crippen LogP contribution < -0.4 is 14.8 Å². The Hall–Kier alpha value is -2.54. The molecule has 0 aliphatic carbocycles. The average molecular weight is 347 g/mol. The first-order chi connectivity index (χ1) is 11.5. The van der Waals surface area contributed by atoms with Crippen molar-refractivity contribution in [2.75, 3.05) is 11.9 Å². The highest BCUT2D eigenvalue weighted by atomic mass is 32.1. The Labute approximate surface area is 143 Å². The van der Waals surface area contributed by atoms with Crippen molar-refractivity contribution in [1.82, 2.24) is 0 Å². The number of amides is 1. The summed E-state index contributed by atoms with van der Waals surface area (Å²) in [4.78, 5) is 23.4. The molecule has 2 aromatic rings. The van der Waals surface area contributed by atoms with Crippen LogP contribution in [0, 0.1) is 0 Å².